The molecule has 2 N–H and O–H groups in total. The summed E-state index contributed by atoms with van der Waals surface area (Å²) in [6, 6.07) is 0. The van der Waals surface area contributed by atoms with Crippen molar-refractivity contribution < 1.29 is 4.79 Å². The van der Waals surface area contributed by atoms with Gasteiger partial charge in [0.1, 0.15) is 6.54 Å². The number of carbonyl (C=O) groups is 1. The lowest BCUT2D eigenvalue weighted by Gasteiger charge is -1.93. The Hall–Kier alpha value is -0.740. The quantitative estimate of drug-likeness (QED) is 0.738. The molecule has 0 unspecified atom stereocenters. The Balaban J connectivity index is 0. The molecular weight excluding hydrogens is 189 g/mol. The van der Waals surface area contributed by atoms with E-state index in [9.17, 15) is 4.79 Å². The predicted octanol–water partition coefficient (Wildman–Crippen LogP) is 0.212. The molecule has 0 aromatic carbocycles. The summed E-state index contributed by atoms with van der Waals surface area (Å²) < 4.78 is 1.61. The van der Waals surface area contributed by atoms with Crippen molar-refractivity contribution in [3.05, 3.63) is 18.7 Å². The number of rotatable bonds is 2. The lowest BCUT2D eigenvalue weighted by atomic mass is 10.6. The van der Waals surface area contributed by atoms with E-state index in [-0.39, 0.29) is 37.3 Å². The zero-order valence-corrected chi connectivity index (χ0v) is 7.27. The predicted molar refractivity (Wildman–Crippen MR) is 45.9 cm³/mol. The molecule has 1 heterocycles. The molecule has 1 amide bonds. The molecule has 0 saturated carbocycles. The molecule has 0 saturated heterocycles. The number of hydrogen-bond donors (Lipinski definition) is 1. The van der Waals surface area contributed by atoms with Crippen LogP contribution in [0.3, 0.4) is 0 Å². The fraction of sp³-hybridized carbons (Fsp3) is 0.200. The van der Waals surface area contributed by atoms with E-state index in [0.29, 0.717) is 0 Å². The third kappa shape index (κ3) is 4.64. The summed E-state index contributed by atoms with van der Waals surface area (Å²) in [5.41, 5.74) is 4.90. The van der Waals surface area contributed by atoms with Gasteiger partial charge in [-0.2, -0.15) is 0 Å². The van der Waals surface area contributed by atoms with Gasteiger partial charge >= 0.3 is 0 Å². The minimum atomic E-state index is -0.354. The van der Waals surface area contributed by atoms with Crippen LogP contribution in [0.5, 0.6) is 0 Å². The van der Waals surface area contributed by atoms with Crippen molar-refractivity contribution in [2.75, 3.05) is 0 Å². The molecule has 1 aromatic rings. The molecule has 0 radical (unpaired) electrons. The number of primary amides is 1. The number of imidazole rings is 1. The minimum absolute atomic E-state index is 0. The largest absolute Gasteiger partial charge is 0.368 e. The molecule has 0 spiro atoms. The summed E-state index contributed by atoms with van der Waals surface area (Å²) in [7, 11) is 0. The summed E-state index contributed by atoms with van der Waals surface area (Å²) in [6.07, 6.45) is 4.83. The van der Waals surface area contributed by atoms with Crippen LogP contribution in [0, 0.1) is 0 Å². The highest BCUT2D eigenvalue weighted by molar-refractivity contribution is 5.85. The van der Waals surface area contributed by atoms with E-state index in [1.807, 2.05) is 0 Å². The van der Waals surface area contributed by atoms with Gasteiger partial charge in [-0.3, -0.25) is 4.79 Å². The smallest absolute Gasteiger partial charge is 0.237 e. The first-order valence-electron chi connectivity index (χ1n) is 2.53. The Kier molecular flexibility index (Phi) is 7.04. The van der Waals surface area contributed by atoms with Crippen LogP contribution in [0.15, 0.2) is 18.7 Å². The molecule has 1 rings (SSSR count). The molecule has 0 aliphatic rings. The second-order valence-electron chi connectivity index (χ2n) is 1.70. The van der Waals surface area contributed by atoms with Crippen molar-refractivity contribution in [2.24, 2.45) is 5.73 Å². The summed E-state index contributed by atoms with van der Waals surface area (Å²) >= 11 is 0. The molecule has 1 aromatic heterocycles. The molecule has 0 aliphatic carbocycles. The van der Waals surface area contributed by atoms with Gasteiger partial charge in [0.05, 0.1) is 6.33 Å². The summed E-state index contributed by atoms with van der Waals surface area (Å²) in [4.78, 5) is 14.0. The Morgan fingerprint density at radius 2 is 2.18 bits per heavy atom. The van der Waals surface area contributed by atoms with Gasteiger partial charge in [0, 0.05) is 12.4 Å². The van der Waals surface area contributed by atoms with E-state index in [1.165, 1.54) is 0 Å². The van der Waals surface area contributed by atoms with Crippen LogP contribution >= 0.6 is 24.8 Å². The van der Waals surface area contributed by atoms with Crippen molar-refractivity contribution in [1.29, 1.82) is 0 Å². The number of hydrogen-bond acceptors (Lipinski definition) is 2. The molecule has 64 valence electrons. The van der Waals surface area contributed by atoms with Crippen molar-refractivity contribution in [2.45, 2.75) is 6.54 Å². The Morgan fingerprint density at radius 3 is 2.55 bits per heavy atom. The number of amides is 1. The molecule has 0 aliphatic heterocycles. The number of nitrogens with two attached hydrogens (primary N) is 1. The number of nitrogens with zero attached hydrogens (tertiary/aromatic N) is 2. The average Bonchev–Trinajstić information content (AvgIpc) is 2.15. The highest BCUT2D eigenvalue weighted by Crippen LogP contribution is 1.82. The normalized spacial score (nSPS) is 7.64. The second-order valence-corrected chi connectivity index (χ2v) is 1.70. The van der Waals surface area contributed by atoms with Gasteiger partial charge in [-0.1, -0.05) is 0 Å². The van der Waals surface area contributed by atoms with Crippen LogP contribution in [0.25, 0.3) is 0 Å². The van der Waals surface area contributed by atoms with Crippen molar-refractivity contribution in [1.82, 2.24) is 9.55 Å². The van der Waals surface area contributed by atoms with Crippen LogP contribution < -0.4 is 5.73 Å². The highest BCUT2D eigenvalue weighted by Gasteiger charge is 1.92. The lowest BCUT2D eigenvalue weighted by molar-refractivity contribution is -0.118. The maximum atomic E-state index is 10.2. The summed E-state index contributed by atoms with van der Waals surface area (Å²) in [5.74, 6) is -0.354. The van der Waals surface area contributed by atoms with E-state index in [4.69, 9.17) is 5.73 Å². The lowest BCUT2D eigenvalue weighted by Crippen LogP contribution is -2.17. The van der Waals surface area contributed by atoms with Crippen LogP contribution in [0.1, 0.15) is 0 Å². The topological polar surface area (TPSA) is 60.9 Å². The molecule has 0 atom stereocenters. The third-order valence-electron chi connectivity index (χ3n) is 0.898. The van der Waals surface area contributed by atoms with Gasteiger partial charge in [-0.15, -0.1) is 24.8 Å². The van der Waals surface area contributed by atoms with Crippen molar-refractivity contribution in [3.8, 4) is 0 Å². The molecule has 11 heavy (non-hydrogen) atoms. The van der Waals surface area contributed by atoms with E-state index in [0.717, 1.165) is 0 Å². The van der Waals surface area contributed by atoms with Crippen LogP contribution in [-0.4, -0.2) is 15.5 Å². The van der Waals surface area contributed by atoms with Gasteiger partial charge in [0.15, 0.2) is 0 Å². The maximum absolute atomic E-state index is 10.2. The molecule has 0 fully saturated rings. The molecule has 6 heteroatoms. The first kappa shape index (κ1) is 12.9. The van der Waals surface area contributed by atoms with E-state index in [1.54, 1.807) is 23.3 Å². The molecule has 0 bridgehead atoms. The van der Waals surface area contributed by atoms with E-state index >= 15 is 0 Å². The molecule has 4 nitrogen and oxygen atoms in total. The first-order valence-corrected chi connectivity index (χ1v) is 2.53. The number of aromatic nitrogens is 2. The number of carbonyl (C=O) groups excluding carboxylic acids is 1. The SMILES string of the molecule is Cl.Cl.NC(=O)Cn1ccnc1. The van der Waals surface area contributed by atoms with Gasteiger partial charge < -0.3 is 10.3 Å². The average molecular weight is 198 g/mol. The Labute approximate surface area is 76.6 Å². The minimum Gasteiger partial charge on any atom is -0.368 e. The van der Waals surface area contributed by atoms with Crippen LogP contribution in [0.4, 0.5) is 0 Å². The zero-order valence-electron chi connectivity index (χ0n) is 5.64. The van der Waals surface area contributed by atoms with Crippen LogP contribution in [-0.2, 0) is 11.3 Å². The van der Waals surface area contributed by atoms with E-state index < -0.39 is 0 Å². The Morgan fingerprint density at radius 1 is 1.55 bits per heavy atom. The van der Waals surface area contributed by atoms with Gasteiger partial charge in [-0.05, 0) is 0 Å². The van der Waals surface area contributed by atoms with E-state index in [2.05, 4.69) is 4.98 Å². The van der Waals surface area contributed by atoms with Crippen molar-refractivity contribution >= 4 is 30.7 Å². The van der Waals surface area contributed by atoms with Gasteiger partial charge in [-0.25, -0.2) is 4.98 Å². The monoisotopic (exact) mass is 197 g/mol. The van der Waals surface area contributed by atoms with Crippen molar-refractivity contribution in [3.63, 3.8) is 0 Å². The fourth-order valence-corrected chi connectivity index (χ4v) is 0.560. The maximum Gasteiger partial charge on any atom is 0.237 e. The van der Waals surface area contributed by atoms with Gasteiger partial charge in [0.2, 0.25) is 5.91 Å². The second kappa shape index (κ2) is 6.00. The Bertz CT molecular complexity index is 200. The fourth-order valence-electron chi connectivity index (χ4n) is 0.560. The first-order chi connectivity index (χ1) is 4.29. The van der Waals surface area contributed by atoms with Gasteiger partial charge in [0.25, 0.3) is 0 Å². The number of halogens is 2. The molecular formula is C5H9Cl2N3O. The summed E-state index contributed by atoms with van der Waals surface area (Å²) in [6.45, 7) is 0.208. The highest BCUT2D eigenvalue weighted by atomic mass is 35.5. The third-order valence-corrected chi connectivity index (χ3v) is 0.898. The summed E-state index contributed by atoms with van der Waals surface area (Å²) in [5, 5.41) is 0. The standard InChI is InChI=1S/C5H7N3O.2ClH/c6-5(9)3-8-2-1-7-4-8;;/h1-2,4H,3H2,(H2,6,9);2*1H. The van der Waals surface area contributed by atoms with Crippen LogP contribution in [0.2, 0.25) is 0 Å². The zero-order chi connectivity index (χ0) is 6.69.